The van der Waals surface area contributed by atoms with Crippen LogP contribution in [-0.4, -0.2) is 23.5 Å². The summed E-state index contributed by atoms with van der Waals surface area (Å²) in [7, 11) is 0. The highest BCUT2D eigenvalue weighted by Crippen LogP contribution is 2.32. The van der Waals surface area contributed by atoms with Gasteiger partial charge in [0.25, 0.3) is 5.91 Å². The lowest BCUT2D eigenvalue weighted by Crippen LogP contribution is -2.46. The van der Waals surface area contributed by atoms with E-state index < -0.39 is 6.03 Å². The summed E-state index contributed by atoms with van der Waals surface area (Å²) in [5.74, 6) is -0.384. The number of nitrogens with one attached hydrogen (secondary N) is 4. The Morgan fingerprint density at radius 3 is 2.42 bits per heavy atom. The van der Waals surface area contributed by atoms with Gasteiger partial charge in [-0.3, -0.25) is 15.2 Å². The van der Waals surface area contributed by atoms with Gasteiger partial charge >= 0.3 is 6.03 Å². The number of hydrogen-bond acceptors (Lipinski definition) is 5. The Bertz CT molecular complexity index is 1210. The molecule has 0 unspecified atom stereocenters. The normalized spacial score (nSPS) is 10.5. The molecule has 2 aromatic heterocycles. The highest BCUT2D eigenvalue weighted by atomic mass is 32.1. The Hall–Kier alpha value is -3.91. The Morgan fingerprint density at radius 1 is 0.935 bits per heavy atom. The minimum atomic E-state index is -0.458. The lowest BCUT2D eigenvalue weighted by Gasteiger charge is -2.08. The van der Waals surface area contributed by atoms with E-state index in [4.69, 9.17) is 0 Å². The molecule has 0 spiro atoms. The van der Waals surface area contributed by atoms with Gasteiger partial charge in [-0.25, -0.2) is 10.2 Å². The maximum atomic E-state index is 12.4. The van der Waals surface area contributed by atoms with Crippen molar-refractivity contribution in [2.75, 3.05) is 11.9 Å². The molecule has 4 aromatic rings. The molecule has 2 heterocycles. The summed E-state index contributed by atoms with van der Waals surface area (Å²) < 4.78 is 0.870. The van der Waals surface area contributed by atoms with E-state index in [9.17, 15) is 9.59 Å². The molecule has 4 N–H and O–H groups in total. The average molecular weight is 432 g/mol. The number of hydrogen-bond donors (Lipinski definition) is 4. The predicted octanol–water partition coefficient (Wildman–Crippen LogP) is 4.67. The summed E-state index contributed by atoms with van der Waals surface area (Å²) in [5, 5.41) is 6.81. The molecule has 0 bridgehead atoms. The van der Waals surface area contributed by atoms with Gasteiger partial charge in [-0.1, -0.05) is 42.5 Å². The maximum Gasteiger partial charge on any atom is 0.333 e. The van der Waals surface area contributed by atoms with Crippen LogP contribution in [0.3, 0.4) is 0 Å². The van der Waals surface area contributed by atoms with E-state index in [-0.39, 0.29) is 5.91 Å². The van der Waals surface area contributed by atoms with Crippen molar-refractivity contribution < 1.29 is 9.59 Å². The number of urea groups is 1. The predicted molar refractivity (Wildman–Crippen MR) is 124 cm³/mol. The summed E-state index contributed by atoms with van der Waals surface area (Å²) in [5.41, 5.74) is 8.75. The van der Waals surface area contributed by atoms with Crippen LogP contribution in [0.5, 0.6) is 0 Å². The van der Waals surface area contributed by atoms with E-state index >= 15 is 0 Å². The Balaban J connectivity index is 1.51. The van der Waals surface area contributed by atoms with Crippen LogP contribution in [0.15, 0.2) is 73.1 Å². The van der Waals surface area contributed by atoms with Gasteiger partial charge in [0.15, 0.2) is 0 Å². The number of carbonyl (C=O) groups excluding carboxylic acids is 2. The molecule has 4 rings (SSSR count). The number of amides is 3. The molecule has 3 amide bonds. The third-order valence-corrected chi connectivity index (χ3v) is 5.64. The summed E-state index contributed by atoms with van der Waals surface area (Å²) in [6.45, 7) is 2.27. The van der Waals surface area contributed by atoms with E-state index in [0.29, 0.717) is 11.4 Å². The Kier molecular flexibility index (Phi) is 6.09. The molecule has 156 valence electrons. The van der Waals surface area contributed by atoms with Gasteiger partial charge < -0.3 is 10.6 Å². The van der Waals surface area contributed by atoms with Crippen molar-refractivity contribution >= 4 is 44.7 Å². The fourth-order valence-corrected chi connectivity index (χ4v) is 4.03. The van der Waals surface area contributed by atoms with E-state index in [1.54, 1.807) is 25.4 Å². The standard InChI is InChI=1S/C23H21N5O2S/c1-2-25-23(30)28-27-22(29)20-12-18-19(13-24-14-21(18)31-20)26-17-10-8-16(9-11-17)15-6-4-3-5-7-15/h3-14,26H,2H2,1H3,(H,27,29)(H2,25,28,30). The van der Waals surface area contributed by atoms with Gasteiger partial charge in [-0.2, -0.15) is 0 Å². The Morgan fingerprint density at radius 2 is 1.68 bits per heavy atom. The molecular formula is C23H21N5O2S. The van der Waals surface area contributed by atoms with E-state index in [1.165, 1.54) is 11.3 Å². The number of anilines is 2. The fourth-order valence-electron chi connectivity index (χ4n) is 3.08. The zero-order chi connectivity index (χ0) is 21.6. The van der Waals surface area contributed by atoms with Crippen LogP contribution in [-0.2, 0) is 0 Å². The number of carbonyl (C=O) groups is 2. The minimum absolute atomic E-state index is 0.384. The number of fused-ring (bicyclic) bond motifs is 1. The first-order valence-corrected chi connectivity index (χ1v) is 10.6. The third-order valence-electron chi connectivity index (χ3n) is 4.57. The topological polar surface area (TPSA) is 95.2 Å². The second-order valence-corrected chi connectivity index (χ2v) is 7.80. The number of nitrogens with zero attached hydrogens (tertiary/aromatic N) is 1. The highest BCUT2D eigenvalue weighted by molar-refractivity contribution is 7.20. The molecular weight excluding hydrogens is 410 g/mol. The lowest BCUT2D eigenvalue weighted by molar-refractivity contribution is 0.0940. The van der Waals surface area contributed by atoms with Crippen molar-refractivity contribution in [1.29, 1.82) is 0 Å². The van der Waals surface area contributed by atoms with Crippen molar-refractivity contribution in [3.05, 3.63) is 77.9 Å². The molecule has 0 aliphatic heterocycles. The molecule has 0 saturated carbocycles. The van der Waals surface area contributed by atoms with Gasteiger partial charge in [-0.15, -0.1) is 11.3 Å². The first-order valence-electron chi connectivity index (χ1n) is 9.78. The second kappa shape index (κ2) is 9.27. The monoisotopic (exact) mass is 431 g/mol. The third kappa shape index (κ3) is 4.81. The van der Waals surface area contributed by atoms with Crippen molar-refractivity contribution in [2.45, 2.75) is 6.92 Å². The van der Waals surface area contributed by atoms with Gasteiger partial charge in [0.05, 0.1) is 21.5 Å². The molecule has 8 heteroatoms. The van der Waals surface area contributed by atoms with Crippen molar-refractivity contribution in [2.24, 2.45) is 0 Å². The molecule has 0 atom stereocenters. The molecule has 2 aromatic carbocycles. The summed E-state index contributed by atoms with van der Waals surface area (Å²) in [6, 6.07) is 19.7. The molecule has 31 heavy (non-hydrogen) atoms. The largest absolute Gasteiger partial charge is 0.354 e. The van der Waals surface area contributed by atoms with Crippen LogP contribution in [0, 0.1) is 0 Å². The van der Waals surface area contributed by atoms with Crippen molar-refractivity contribution in [1.82, 2.24) is 21.2 Å². The van der Waals surface area contributed by atoms with Crippen LogP contribution in [0.2, 0.25) is 0 Å². The number of hydrazine groups is 1. The van der Waals surface area contributed by atoms with E-state index in [0.717, 1.165) is 32.6 Å². The van der Waals surface area contributed by atoms with E-state index in [2.05, 4.69) is 50.7 Å². The highest BCUT2D eigenvalue weighted by Gasteiger charge is 2.14. The fraction of sp³-hybridized carbons (Fsp3) is 0.0870. The first-order chi connectivity index (χ1) is 15.1. The van der Waals surface area contributed by atoms with Crippen LogP contribution in [0.25, 0.3) is 21.2 Å². The smallest absolute Gasteiger partial charge is 0.333 e. The van der Waals surface area contributed by atoms with E-state index in [1.807, 2.05) is 30.3 Å². The van der Waals surface area contributed by atoms with Gasteiger partial charge in [-0.05, 0) is 36.2 Å². The lowest BCUT2D eigenvalue weighted by atomic mass is 10.1. The zero-order valence-corrected chi connectivity index (χ0v) is 17.6. The molecule has 0 radical (unpaired) electrons. The summed E-state index contributed by atoms with van der Waals surface area (Å²) >= 11 is 1.31. The molecule has 0 aliphatic rings. The first kappa shape index (κ1) is 20.4. The van der Waals surface area contributed by atoms with Crippen LogP contribution in [0.4, 0.5) is 16.2 Å². The van der Waals surface area contributed by atoms with Crippen LogP contribution < -0.4 is 21.5 Å². The quantitative estimate of drug-likeness (QED) is 0.345. The molecule has 0 fully saturated rings. The maximum absolute atomic E-state index is 12.4. The van der Waals surface area contributed by atoms with Crippen LogP contribution in [0.1, 0.15) is 16.6 Å². The van der Waals surface area contributed by atoms with Gasteiger partial charge in [0.2, 0.25) is 0 Å². The molecule has 0 aliphatic carbocycles. The summed E-state index contributed by atoms with van der Waals surface area (Å²) in [4.78, 5) is 28.6. The molecule has 7 nitrogen and oxygen atoms in total. The number of benzene rings is 2. The number of aromatic nitrogens is 1. The number of pyridine rings is 1. The minimum Gasteiger partial charge on any atom is -0.354 e. The average Bonchev–Trinajstić information content (AvgIpc) is 3.24. The number of rotatable bonds is 5. The zero-order valence-electron chi connectivity index (χ0n) is 16.8. The van der Waals surface area contributed by atoms with Gasteiger partial charge in [0.1, 0.15) is 0 Å². The molecule has 0 saturated heterocycles. The second-order valence-electron chi connectivity index (χ2n) is 6.72. The van der Waals surface area contributed by atoms with Gasteiger partial charge in [0, 0.05) is 23.8 Å². The number of thiophene rings is 1. The van der Waals surface area contributed by atoms with Crippen molar-refractivity contribution in [3.63, 3.8) is 0 Å². The van der Waals surface area contributed by atoms with Crippen LogP contribution >= 0.6 is 11.3 Å². The Labute approximate surface area is 183 Å². The van der Waals surface area contributed by atoms with Crippen molar-refractivity contribution in [3.8, 4) is 11.1 Å². The summed E-state index contributed by atoms with van der Waals surface area (Å²) in [6.07, 6.45) is 3.45. The SMILES string of the molecule is CCNC(=O)NNC(=O)c1cc2c(Nc3ccc(-c4ccccc4)cc3)cncc2s1.